The standard InChI is InChI=1S/C51H58F3N7O8S/c1-30(2)36-7-4-5-8-37(36)42-9-6-18-60(42)33-25-50(26-33)16-19-59(20-17-50)32-10-11-38(44(21-32)69-34-22-39-40(51(52,53)54)28-56-47(39)55-27-34)48(62)58-70(66,67)35-23-43(61(64)65)46-45(24-35)68-29-41(57-46)31-12-14-49(3,63)15-13-31/h4-5,7-8,10-11,21-24,27-28,30-31,33,41-42,57,63H,6,9,12-20,25-26,29H2,1-3H3,(H,55,56)(H,58,62)/t31-,41-,42-,49-/m1/s1. The first-order chi connectivity index (χ1) is 33.3. The van der Waals surface area contributed by atoms with Crippen molar-refractivity contribution in [2.75, 3.05) is 36.5 Å². The molecule has 0 bridgehead atoms. The number of amides is 1. The Hall–Kier alpha value is -5.92. The number of hydrogen-bond donors (Lipinski definition) is 4. The van der Waals surface area contributed by atoms with Gasteiger partial charge in [0.1, 0.15) is 23.8 Å². The van der Waals surface area contributed by atoms with Crippen molar-refractivity contribution >= 4 is 44.0 Å². The fraction of sp³-hybridized carbons (Fsp3) is 0.490. The van der Waals surface area contributed by atoms with E-state index >= 15 is 0 Å². The minimum atomic E-state index is -4.80. The minimum absolute atomic E-state index is 0.0149. The number of alkyl halides is 3. The third-order valence-electron chi connectivity index (χ3n) is 15.7. The molecule has 372 valence electrons. The lowest BCUT2D eigenvalue weighted by Gasteiger charge is -2.56. The van der Waals surface area contributed by atoms with Crippen LogP contribution in [0.25, 0.3) is 11.0 Å². The molecule has 19 heteroatoms. The Morgan fingerprint density at radius 3 is 2.49 bits per heavy atom. The van der Waals surface area contributed by atoms with Crippen LogP contribution in [0, 0.1) is 21.4 Å². The summed E-state index contributed by atoms with van der Waals surface area (Å²) in [5.41, 5.74) is 1.13. The zero-order chi connectivity index (χ0) is 49.3. The topological polar surface area (TPSA) is 192 Å². The number of nitro groups is 1. The maximum absolute atomic E-state index is 14.1. The maximum Gasteiger partial charge on any atom is 0.418 e. The van der Waals surface area contributed by atoms with Gasteiger partial charge >= 0.3 is 6.18 Å². The van der Waals surface area contributed by atoms with Crippen LogP contribution in [0.3, 0.4) is 0 Å². The van der Waals surface area contributed by atoms with Gasteiger partial charge in [-0.2, -0.15) is 13.2 Å². The molecule has 5 aliphatic rings. The summed E-state index contributed by atoms with van der Waals surface area (Å²) in [6.45, 7) is 8.87. The maximum atomic E-state index is 14.1. The number of sulfonamides is 1. The van der Waals surface area contributed by atoms with E-state index in [0.717, 1.165) is 63.0 Å². The van der Waals surface area contributed by atoms with E-state index < -0.39 is 48.8 Å². The molecule has 5 heterocycles. The quantitative estimate of drug-likeness (QED) is 0.0724. The van der Waals surface area contributed by atoms with Crippen LogP contribution in [-0.4, -0.2) is 83.1 Å². The summed E-state index contributed by atoms with van der Waals surface area (Å²) in [5, 5.41) is 25.8. The fourth-order valence-electron chi connectivity index (χ4n) is 11.8. The predicted octanol–water partition coefficient (Wildman–Crippen LogP) is 10.2. The first-order valence-electron chi connectivity index (χ1n) is 24.2. The number of nitrogens with one attached hydrogen (secondary N) is 3. The van der Waals surface area contributed by atoms with Crippen LogP contribution in [0.2, 0.25) is 0 Å². The van der Waals surface area contributed by atoms with Crippen molar-refractivity contribution in [2.24, 2.45) is 11.3 Å². The number of nitro benzene ring substituents is 1. The first-order valence-corrected chi connectivity index (χ1v) is 25.7. The third kappa shape index (κ3) is 9.27. The Labute approximate surface area is 404 Å². The summed E-state index contributed by atoms with van der Waals surface area (Å²) < 4.78 is 84.0. The third-order valence-corrected chi connectivity index (χ3v) is 17.0. The number of aromatic nitrogens is 2. The van der Waals surface area contributed by atoms with E-state index in [-0.39, 0.29) is 63.5 Å². The van der Waals surface area contributed by atoms with Gasteiger partial charge in [-0.3, -0.25) is 19.8 Å². The molecule has 2 aliphatic carbocycles. The number of hydrogen-bond acceptors (Lipinski definition) is 12. The van der Waals surface area contributed by atoms with Crippen LogP contribution < -0.4 is 24.4 Å². The lowest BCUT2D eigenvalue weighted by atomic mass is 9.59. The van der Waals surface area contributed by atoms with Crippen molar-refractivity contribution < 1.29 is 45.9 Å². The molecule has 1 spiro atoms. The van der Waals surface area contributed by atoms with Gasteiger partial charge in [-0.1, -0.05) is 38.1 Å². The molecule has 0 unspecified atom stereocenters. The molecule has 2 atom stereocenters. The second kappa shape index (κ2) is 18.0. The molecular formula is C51H58F3N7O8S. The summed E-state index contributed by atoms with van der Waals surface area (Å²) in [5.74, 6) is -0.987. The van der Waals surface area contributed by atoms with Crippen LogP contribution >= 0.6 is 0 Å². The summed E-state index contributed by atoms with van der Waals surface area (Å²) in [6, 6.07) is 17.2. The van der Waals surface area contributed by atoms with E-state index in [1.54, 1.807) is 19.1 Å². The molecule has 70 heavy (non-hydrogen) atoms. The summed E-state index contributed by atoms with van der Waals surface area (Å²) in [4.78, 5) is 36.8. The molecule has 2 saturated heterocycles. The molecule has 4 N–H and O–H groups in total. The van der Waals surface area contributed by atoms with Crippen LogP contribution in [0.5, 0.6) is 17.2 Å². The number of likely N-dealkylation sites (tertiary alicyclic amines) is 1. The number of piperidine rings is 1. The Balaban J connectivity index is 0.882. The highest BCUT2D eigenvalue weighted by molar-refractivity contribution is 7.90. The summed E-state index contributed by atoms with van der Waals surface area (Å²) in [6.07, 6.45) is 6.19. The number of carbonyl (C=O) groups is 1. The van der Waals surface area contributed by atoms with Crippen molar-refractivity contribution in [1.82, 2.24) is 19.6 Å². The molecule has 10 rings (SSSR count). The largest absolute Gasteiger partial charge is 0.489 e. The lowest BCUT2D eigenvalue weighted by Crippen LogP contribution is -2.54. The van der Waals surface area contributed by atoms with E-state index in [1.165, 1.54) is 29.8 Å². The van der Waals surface area contributed by atoms with Gasteiger partial charge in [0, 0.05) is 60.6 Å². The van der Waals surface area contributed by atoms with Gasteiger partial charge in [-0.25, -0.2) is 18.1 Å². The second-order valence-corrected chi connectivity index (χ2v) is 22.4. The first kappa shape index (κ1) is 47.7. The Morgan fingerprint density at radius 2 is 1.77 bits per heavy atom. The number of halogens is 3. The molecule has 0 radical (unpaired) electrons. The summed E-state index contributed by atoms with van der Waals surface area (Å²) in [7, 11) is -4.80. The fourth-order valence-corrected chi connectivity index (χ4v) is 12.8. The number of pyridine rings is 1. The highest BCUT2D eigenvalue weighted by atomic mass is 32.2. The van der Waals surface area contributed by atoms with Crippen LogP contribution in [0.4, 0.5) is 30.2 Å². The highest BCUT2D eigenvalue weighted by Gasteiger charge is 2.50. The molecule has 1 amide bonds. The number of aromatic amines is 1. The van der Waals surface area contributed by atoms with Gasteiger partial charge in [-0.15, -0.1) is 0 Å². The van der Waals surface area contributed by atoms with Crippen LogP contribution in [0.15, 0.2) is 78.0 Å². The molecule has 2 saturated carbocycles. The molecule has 5 aromatic rings. The Morgan fingerprint density at radius 1 is 1.03 bits per heavy atom. The Bertz CT molecular complexity index is 2940. The molecule has 2 aromatic heterocycles. The normalized spacial score (nSPS) is 23.9. The predicted molar refractivity (Wildman–Crippen MR) is 257 cm³/mol. The van der Waals surface area contributed by atoms with E-state index in [4.69, 9.17) is 9.47 Å². The van der Waals surface area contributed by atoms with Crippen molar-refractivity contribution in [3.8, 4) is 17.2 Å². The van der Waals surface area contributed by atoms with E-state index in [9.17, 15) is 41.6 Å². The molecule has 15 nitrogen and oxygen atoms in total. The zero-order valence-corrected chi connectivity index (χ0v) is 40.2. The SMILES string of the molecule is CC(C)c1ccccc1[C@H]1CCCN1C1CC2(CCN(c3ccc(C(=O)NS(=O)(=O)c4cc5c(c([N+](=O)[O-])c4)N[C@@H]([C@H]4CC[C@](C)(O)CC4)CO5)c(Oc4cnc5[nH]cc(C(F)(F)F)c5c4)c3)CC2)C1. The smallest absolute Gasteiger partial charge is 0.418 e. The van der Waals surface area contributed by atoms with Gasteiger partial charge < -0.3 is 29.8 Å². The van der Waals surface area contributed by atoms with E-state index in [2.05, 4.69) is 63.2 Å². The van der Waals surface area contributed by atoms with Crippen molar-refractivity contribution in [1.29, 1.82) is 0 Å². The van der Waals surface area contributed by atoms with Crippen LogP contribution in [0.1, 0.15) is 124 Å². The number of carbonyl (C=O) groups excluding carboxylic acids is 1. The second-order valence-electron chi connectivity index (χ2n) is 20.7. The van der Waals surface area contributed by atoms with Gasteiger partial charge in [0.15, 0.2) is 11.4 Å². The number of rotatable bonds is 11. The van der Waals surface area contributed by atoms with Gasteiger partial charge in [0.05, 0.1) is 38.8 Å². The number of nitrogens with zero attached hydrogens (tertiary/aromatic N) is 4. The zero-order valence-electron chi connectivity index (χ0n) is 39.4. The molecule has 3 aromatic carbocycles. The number of anilines is 2. The van der Waals surface area contributed by atoms with Crippen molar-refractivity contribution in [3.05, 3.63) is 105 Å². The van der Waals surface area contributed by atoms with Crippen molar-refractivity contribution in [3.63, 3.8) is 0 Å². The lowest BCUT2D eigenvalue weighted by molar-refractivity contribution is -0.384. The molecule has 4 fully saturated rings. The van der Waals surface area contributed by atoms with Crippen LogP contribution in [-0.2, 0) is 16.2 Å². The summed E-state index contributed by atoms with van der Waals surface area (Å²) >= 11 is 0. The highest BCUT2D eigenvalue weighted by Crippen LogP contribution is 2.54. The number of aliphatic hydroxyl groups is 1. The van der Waals surface area contributed by atoms with Gasteiger partial charge in [0.25, 0.3) is 21.6 Å². The Kier molecular flexibility index (Phi) is 12.3. The van der Waals surface area contributed by atoms with E-state index in [1.807, 2.05) is 4.72 Å². The number of ether oxygens (including phenoxy) is 2. The minimum Gasteiger partial charge on any atom is -0.489 e. The number of benzene rings is 3. The average Bonchev–Trinajstić information content (AvgIpc) is 3.98. The van der Waals surface area contributed by atoms with Gasteiger partial charge in [0.2, 0.25) is 0 Å². The van der Waals surface area contributed by atoms with Crippen molar-refractivity contribution in [2.45, 2.75) is 126 Å². The van der Waals surface area contributed by atoms with E-state index in [0.29, 0.717) is 62.5 Å². The average molecular weight is 986 g/mol. The number of H-pyrrole nitrogens is 1. The van der Waals surface area contributed by atoms with Gasteiger partial charge in [-0.05, 0) is 124 Å². The molecule has 3 aliphatic heterocycles. The molecular weight excluding hydrogens is 928 g/mol. The number of fused-ring (bicyclic) bond motifs is 2. The monoisotopic (exact) mass is 985 g/mol.